The van der Waals surface area contributed by atoms with Gasteiger partial charge in [-0.05, 0) is 99.9 Å². The zero-order valence-electron chi connectivity index (χ0n) is 31.6. The summed E-state index contributed by atoms with van der Waals surface area (Å²) < 4.78 is 0. The van der Waals surface area contributed by atoms with Crippen LogP contribution >= 0.6 is 0 Å². The normalized spacial score (nSPS) is 13.5. The molecule has 0 spiro atoms. The van der Waals surface area contributed by atoms with E-state index in [0.717, 1.165) is 40.9 Å². The highest BCUT2D eigenvalue weighted by Gasteiger charge is 2.29. The molecule has 0 bridgehead atoms. The molecule has 1 atom stereocenters. The van der Waals surface area contributed by atoms with Gasteiger partial charge in [0.2, 0.25) is 0 Å². The first-order valence-corrected chi connectivity index (χ1v) is 18.1. The van der Waals surface area contributed by atoms with Crippen LogP contribution in [0, 0.1) is 13.8 Å². The molecule has 0 aliphatic carbocycles. The molecule has 0 saturated carbocycles. The highest BCUT2D eigenvalue weighted by atomic mass is 15.1. The van der Waals surface area contributed by atoms with Crippen molar-refractivity contribution in [2.24, 2.45) is 0 Å². The molecule has 0 aromatic heterocycles. The van der Waals surface area contributed by atoms with Crippen LogP contribution in [0.5, 0.6) is 0 Å². The average Bonchev–Trinajstić information content (AvgIpc) is 3.11. The molecule has 4 aromatic rings. The van der Waals surface area contributed by atoms with Gasteiger partial charge in [0, 0.05) is 46.8 Å². The van der Waals surface area contributed by atoms with Crippen molar-refractivity contribution in [3.05, 3.63) is 174 Å². The standard InChI is InChI=1S/C48H52BN2/c1-10-12-22-37(19-11-2)29-30-38(23-14-13-20-33(3)4)40-25-18-27-43-48(40)51(9)45-32-35(7)31-42(46(45)49-43)41-26-17-21-36(8)47(41)50-44-28-16-15-24-39(44)34(5)6/h10-28,31-32,38,50H,3,5,29-30H2,1-2,4,6-9H3/b12-10-,19-11-,20-13-,23-14-,37-22+. The first kappa shape index (κ1) is 37.0. The molecule has 0 amide bonds. The second-order valence-electron chi connectivity index (χ2n) is 13.7. The molecule has 257 valence electrons. The summed E-state index contributed by atoms with van der Waals surface area (Å²) in [6, 6.07) is 26.5. The Hall–Kier alpha value is -5.28. The molecular formula is C48H52BN2. The quantitative estimate of drug-likeness (QED) is 0.113. The van der Waals surface area contributed by atoms with Crippen molar-refractivity contribution in [3.63, 3.8) is 0 Å². The highest BCUT2D eigenvalue weighted by molar-refractivity contribution is 6.73. The summed E-state index contributed by atoms with van der Waals surface area (Å²) >= 11 is 0. The molecule has 2 nitrogen and oxygen atoms in total. The second-order valence-corrected chi connectivity index (χ2v) is 13.7. The van der Waals surface area contributed by atoms with Crippen molar-refractivity contribution in [3.8, 4) is 11.1 Å². The molecule has 4 aromatic carbocycles. The Labute approximate surface area is 308 Å². The van der Waals surface area contributed by atoms with Crippen molar-refractivity contribution < 1.29 is 0 Å². The minimum atomic E-state index is 0.219. The molecule has 1 unspecified atom stereocenters. The lowest BCUT2D eigenvalue weighted by Gasteiger charge is -2.35. The van der Waals surface area contributed by atoms with E-state index < -0.39 is 0 Å². The lowest BCUT2D eigenvalue weighted by molar-refractivity contribution is 0.737. The number of nitrogens with zero attached hydrogens (tertiary/aromatic N) is 1. The van der Waals surface area contributed by atoms with E-state index in [1.54, 1.807) is 0 Å². The minimum Gasteiger partial charge on any atom is -0.354 e. The average molecular weight is 668 g/mol. The Morgan fingerprint density at radius 1 is 0.863 bits per heavy atom. The number of benzene rings is 4. The van der Waals surface area contributed by atoms with Gasteiger partial charge in [-0.25, -0.2) is 0 Å². The fourth-order valence-electron chi connectivity index (χ4n) is 7.00. The molecule has 1 heterocycles. The smallest absolute Gasteiger partial charge is 0.197 e. The maximum Gasteiger partial charge on any atom is 0.197 e. The van der Waals surface area contributed by atoms with E-state index in [9.17, 15) is 0 Å². The van der Waals surface area contributed by atoms with E-state index in [4.69, 9.17) is 0 Å². The molecule has 3 heteroatoms. The summed E-state index contributed by atoms with van der Waals surface area (Å²) in [5, 5.41) is 3.83. The van der Waals surface area contributed by atoms with Gasteiger partial charge < -0.3 is 10.2 Å². The summed E-state index contributed by atoms with van der Waals surface area (Å²) in [7, 11) is 4.63. The number of aryl methyl sites for hydroxylation is 2. The van der Waals surface area contributed by atoms with Gasteiger partial charge in [0.15, 0.2) is 7.28 Å². The van der Waals surface area contributed by atoms with Crippen molar-refractivity contribution in [2.75, 3.05) is 17.3 Å². The second kappa shape index (κ2) is 17.1. The van der Waals surface area contributed by atoms with Gasteiger partial charge in [0.25, 0.3) is 0 Å². The third kappa shape index (κ3) is 8.73. The largest absolute Gasteiger partial charge is 0.354 e. The molecule has 1 radical (unpaired) electrons. The van der Waals surface area contributed by atoms with Crippen LogP contribution in [0.1, 0.15) is 68.7 Å². The van der Waals surface area contributed by atoms with E-state index in [0.29, 0.717) is 0 Å². The predicted octanol–water partition coefficient (Wildman–Crippen LogP) is 12.1. The van der Waals surface area contributed by atoms with E-state index >= 15 is 0 Å². The highest BCUT2D eigenvalue weighted by Crippen LogP contribution is 2.40. The molecule has 1 aliphatic heterocycles. The maximum absolute atomic E-state index is 4.25. The number of hydrogen-bond donors (Lipinski definition) is 1. The van der Waals surface area contributed by atoms with Gasteiger partial charge in [0.05, 0.1) is 0 Å². The summed E-state index contributed by atoms with van der Waals surface area (Å²) in [5.41, 5.74) is 17.8. The third-order valence-corrected chi connectivity index (χ3v) is 9.47. The first-order chi connectivity index (χ1) is 24.6. The van der Waals surface area contributed by atoms with E-state index in [-0.39, 0.29) is 5.92 Å². The fourth-order valence-corrected chi connectivity index (χ4v) is 7.00. The molecule has 5 rings (SSSR count). The van der Waals surface area contributed by atoms with Crippen LogP contribution in [0.25, 0.3) is 16.7 Å². The molecule has 1 aliphatic rings. The van der Waals surface area contributed by atoms with Crippen LogP contribution in [0.3, 0.4) is 0 Å². The zero-order chi connectivity index (χ0) is 36.5. The van der Waals surface area contributed by atoms with Crippen molar-refractivity contribution >= 4 is 46.5 Å². The molecule has 0 fully saturated rings. The molecule has 1 N–H and O–H groups in total. The Bertz CT molecular complexity index is 2070. The first-order valence-electron chi connectivity index (χ1n) is 18.1. The van der Waals surface area contributed by atoms with Gasteiger partial charge in [-0.3, -0.25) is 0 Å². The van der Waals surface area contributed by atoms with Crippen molar-refractivity contribution in [2.45, 2.75) is 60.3 Å². The van der Waals surface area contributed by atoms with Crippen LogP contribution in [0.4, 0.5) is 22.7 Å². The minimum absolute atomic E-state index is 0.219. The summed E-state index contributed by atoms with van der Waals surface area (Å²) in [6.45, 7) is 20.9. The molecule has 51 heavy (non-hydrogen) atoms. The van der Waals surface area contributed by atoms with Gasteiger partial charge >= 0.3 is 0 Å². The van der Waals surface area contributed by atoms with Crippen LogP contribution < -0.4 is 21.1 Å². The number of anilines is 4. The van der Waals surface area contributed by atoms with E-state index in [2.05, 4.69) is 200 Å². The molecule has 0 saturated heterocycles. The lowest BCUT2D eigenvalue weighted by atomic mass is 9.57. The Morgan fingerprint density at radius 3 is 2.39 bits per heavy atom. The fraction of sp³-hybridized carbons (Fsp3) is 0.208. The third-order valence-electron chi connectivity index (χ3n) is 9.47. The Balaban J connectivity index is 1.60. The number of hydrogen-bond acceptors (Lipinski definition) is 2. The van der Waals surface area contributed by atoms with E-state index in [1.165, 1.54) is 55.7 Å². The SMILES string of the molecule is C=C(C)/C=C\C=C/C(CCC(/C=C\C)=C/C=C\C)c1cccc2c1N(C)c1cc(C)cc(-c3cccc(C)c3Nc3ccccc3C(=C)C)c1[B]2. The van der Waals surface area contributed by atoms with Gasteiger partial charge in [-0.15, -0.1) is 0 Å². The van der Waals surface area contributed by atoms with Crippen LogP contribution in [-0.4, -0.2) is 14.3 Å². The van der Waals surface area contributed by atoms with Crippen molar-refractivity contribution in [1.82, 2.24) is 0 Å². The number of fused-ring (bicyclic) bond motifs is 2. The summed E-state index contributed by atoms with van der Waals surface area (Å²) in [4.78, 5) is 2.42. The number of allylic oxidation sites excluding steroid dienone is 12. The predicted molar refractivity (Wildman–Crippen MR) is 228 cm³/mol. The number of rotatable bonds is 13. The van der Waals surface area contributed by atoms with Crippen LogP contribution in [0.2, 0.25) is 0 Å². The molecular weight excluding hydrogens is 615 g/mol. The lowest BCUT2D eigenvalue weighted by Crippen LogP contribution is -2.42. The number of para-hydroxylation sites is 3. The van der Waals surface area contributed by atoms with Gasteiger partial charge in [0.1, 0.15) is 0 Å². The number of nitrogens with one attached hydrogen (secondary N) is 1. The summed E-state index contributed by atoms with van der Waals surface area (Å²) in [6.07, 6.45) is 21.5. The topological polar surface area (TPSA) is 15.3 Å². The van der Waals surface area contributed by atoms with Crippen LogP contribution in [-0.2, 0) is 0 Å². The zero-order valence-corrected chi connectivity index (χ0v) is 31.6. The van der Waals surface area contributed by atoms with Gasteiger partial charge in [-0.1, -0.05) is 145 Å². The monoisotopic (exact) mass is 667 g/mol. The van der Waals surface area contributed by atoms with Crippen molar-refractivity contribution in [1.29, 1.82) is 0 Å². The van der Waals surface area contributed by atoms with Gasteiger partial charge in [-0.2, -0.15) is 0 Å². The van der Waals surface area contributed by atoms with E-state index in [1.807, 2.05) is 6.92 Å². The Morgan fingerprint density at radius 2 is 1.65 bits per heavy atom. The van der Waals surface area contributed by atoms with Crippen LogP contribution in [0.15, 0.2) is 152 Å². The maximum atomic E-state index is 4.25. The Kier molecular flexibility index (Phi) is 12.4. The summed E-state index contributed by atoms with van der Waals surface area (Å²) in [5.74, 6) is 0.219.